The summed E-state index contributed by atoms with van der Waals surface area (Å²) in [7, 11) is 0. The number of aromatic amines is 1. The maximum atomic E-state index is 12.6. The summed E-state index contributed by atoms with van der Waals surface area (Å²) in [5.74, 6) is 2.01. The number of carbonyl (C=O) groups is 1. The first-order chi connectivity index (χ1) is 16.8. The van der Waals surface area contributed by atoms with Gasteiger partial charge in [0.05, 0.1) is 6.10 Å². The van der Waals surface area contributed by atoms with Gasteiger partial charge in [-0.2, -0.15) is 5.21 Å². The van der Waals surface area contributed by atoms with Crippen LogP contribution in [0.25, 0.3) is 0 Å². The van der Waals surface area contributed by atoms with E-state index < -0.39 is 0 Å². The number of nitrogens with zero attached hydrogens (tertiary/aromatic N) is 3. The molecule has 2 heterocycles. The average Bonchev–Trinajstić information content (AvgIpc) is 3.51. The van der Waals surface area contributed by atoms with E-state index >= 15 is 0 Å². The zero-order chi connectivity index (χ0) is 23.4. The van der Waals surface area contributed by atoms with E-state index in [1.807, 2.05) is 0 Å². The number of nitrogens with one attached hydrogen (secondary N) is 1. The van der Waals surface area contributed by atoms with Gasteiger partial charge in [-0.15, -0.1) is 10.2 Å². The van der Waals surface area contributed by atoms with Crippen molar-refractivity contribution in [3.8, 4) is 0 Å². The average molecular weight is 469 g/mol. The molecule has 2 fully saturated rings. The van der Waals surface area contributed by atoms with Crippen LogP contribution in [0.4, 0.5) is 0 Å². The lowest BCUT2D eigenvalue weighted by Gasteiger charge is -2.29. The van der Waals surface area contributed by atoms with Gasteiger partial charge in [0.2, 0.25) is 0 Å². The number of H-pyrrole nitrogens is 1. The Bertz CT molecular complexity index is 824. The molecule has 0 amide bonds. The first kappa shape index (κ1) is 25.0. The number of hydrogen-bond donors (Lipinski definition) is 1. The molecule has 1 N–H and O–H groups in total. The van der Waals surface area contributed by atoms with Crippen molar-refractivity contribution in [2.45, 2.75) is 102 Å². The fraction of sp³-hybridized carbons (Fsp3) is 0.704. The zero-order valence-electron chi connectivity index (χ0n) is 20.4. The summed E-state index contributed by atoms with van der Waals surface area (Å²) < 4.78 is 12.3. The summed E-state index contributed by atoms with van der Waals surface area (Å²) in [5, 5.41) is 14.1. The topological polar surface area (TPSA) is 90.0 Å². The Labute approximate surface area is 203 Å². The maximum Gasteiger partial charge on any atom is 0.174 e. The molecule has 1 aromatic heterocycles. The van der Waals surface area contributed by atoms with Crippen LogP contribution in [0.3, 0.4) is 0 Å². The van der Waals surface area contributed by atoms with Crippen molar-refractivity contribution >= 4 is 5.78 Å². The van der Waals surface area contributed by atoms with Crippen LogP contribution in [0.5, 0.6) is 0 Å². The minimum atomic E-state index is -0.0732. The molecule has 2 aromatic rings. The minimum Gasteiger partial charge on any atom is -0.353 e. The molecule has 7 heteroatoms. The van der Waals surface area contributed by atoms with Gasteiger partial charge in [0.15, 0.2) is 12.1 Å². The van der Waals surface area contributed by atoms with Crippen LogP contribution in [-0.2, 0) is 27.1 Å². The minimum absolute atomic E-state index is 0.0732. The van der Waals surface area contributed by atoms with Crippen molar-refractivity contribution in [1.29, 1.82) is 0 Å². The van der Waals surface area contributed by atoms with Crippen molar-refractivity contribution in [2.24, 2.45) is 11.8 Å². The van der Waals surface area contributed by atoms with Gasteiger partial charge in [-0.05, 0) is 69.3 Å². The predicted octanol–water partition coefficient (Wildman–Crippen LogP) is 5.22. The summed E-state index contributed by atoms with van der Waals surface area (Å²) in [6.45, 7) is 0.803. The quantitative estimate of drug-likeness (QED) is 0.382. The summed E-state index contributed by atoms with van der Waals surface area (Å²) in [4.78, 5) is 12.6. The molecule has 4 rings (SSSR count). The SMILES string of the molecule is O=C1CCC(CCC(Cc2ccccc2)OC2CCCCO2)C1CCCCCCc1nn[nH]n1. The molecule has 2 aliphatic rings. The van der Waals surface area contributed by atoms with Gasteiger partial charge in [-0.1, -0.05) is 54.8 Å². The maximum absolute atomic E-state index is 12.6. The Morgan fingerprint density at radius 2 is 1.94 bits per heavy atom. The van der Waals surface area contributed by atoms with Gasteiger partial charge in [-0.25, -0.2) is 0 Å². The fourth-order valence-corrected chi connectivity index (χ4v) is 5.54. The van der Waals surface area contributed by atoms with Gasteiger partial charge >= 0.3 is 0 Å². The Morgan fingerprint density at radius 3 is 2.74 bits per heavy atom. The fourth-order valence-electron chi connectivity index (χ4n) is 5.54. The first-order valence-corrected chi connectivity index (χ1v) is 13.3. The van der Waals surface area contributed by atoms with Gasteiger partial charge in [-0.3, -0.25) is 4.79 Å². The zero-order valence-corrected chi connectivity index (χ0v) is 20.4. The second kappa shape index (κ2) is 13.7. The summed E-state index contributed by atoms with van der Waals surface area (Å²) in [6.07, 6.45) is 14.5. The molecule has 1 saturated heterocycles. The van der Waals surface area contributed by atoms with Crippen molar-refractivity contribution < 1.29 is 14.3 Å². The lowest BCUT2D eigenvalue weighted by Crippen LogP contribution is -2.30. The molecule has 4 atom stereocenters. The monoisotopic (exact) mass is 468 g/mol. The molecule has 1 aliphatic heterocycles. The Balaban J connectivity index is 1.22. The van der Waals surface area contributed by atoms with Crippen molar-refractivity contribution in [3.63, 3.8) is 0 Å². The number of aromatic nitrogens is 4. The standard InChI is InChI=1S/C27H40N4O3/c32-25-18-16-22(24(25)12-6-1-2-7-13-26-28-30-31-29-26)15-17-23(20-21-10-4-3-5-11-21)34-27-14-8-9-19-33-27/h3-5,10-11,22-24,27H,1-2,6-9,12-20H2,(H,28,29,30,31). The van der Waals surface area contributed by atoms with Gasteiger partial charge < -0.3 is 9.47 Å². The molecular weight excluding hydrogens is 428 g/mol. The number of tetrazole rings is 1. The summed E-state index contributed by atoms with van der Waals surface area (Å²) >= 11 is 0. The Kier molecular flexibility index (Phi) is 10.1. The number of unbranched alkanes of at least 4 members (excludes halogenated alkanes) is 3. The molecule has 1 aromatic carbocycles. The number of ketones is 1. The Morgan fingerprint density at radius 1 is 1.06 bits per heavy atom. The molecule has 7 nitrogen and oxygen atoms in total. The summed E-state index contributed by atoms with van der Waals surface area (Å²) in [6, 6.07) is 10.6. The van der Waals surface area contributed by atoms with E-state index in [2.05, 4.69) is 51.0 Å². The van der Waals surface area contributed by atoms with Crippen LogP contribution in [0.2, 0.25) is 0 Å². The molecule has 1 saturated carbocycles. The number of ether oxygens (including phenoxy) is 2. The third kappa shape index (κ3) is 7.98. The van der Waals surface area contributed by atoms with E-state index in [9.17, 15) is 4.79 Å². The molecular formula is C27H40N4O3. The van der Waals surface area contributed by atoms with E-state index in [0.717, 1.165) is 95.9 Å². The highest BCUT2D eigenvalue weighted by atomic mass is 16.7. The molecule has 0 bridgehead atoms. The number of rotatable bonds is 14. The molecule has 0 spiro atoms. The molecule has 1 aliphatic carbocycles. The molecule has 4 unspecified atom stereocenters. The Hall–Kier alpha value is -2.12. The second-order valence-electron chi connectivity index (χ2n) is 9.97. The van der Waals surface area contributed by atoms with E-state index in [1.165, 1.54) is 12.0 Å². The van der Waals surface area contributed by atoms with Crippen LogP contribution in [-0.4, -0.2) is 45.4 Å². The van der Waals surface area contributed by atoms with E-state index in [4.69, 9.17) is 9.47 Å². The van der Waals surface area contributed by atoms with Crippen molar-refractivity contribution in [1.82, 2.24) is 20.6 Å². The number of aryl methyl sites for hydroxylation is 1. The third-order valence-corrected chi connectivity index (χ3v) is 7.45. The smallest absolute Gasteiger partial charge is 0.174 e. The highest BCUT2D eigenvalue weighted by Gasteiger charge is 2.34. The molecule has 0 radical (unpaired) electrons. The largest absolute Gasteiger partial charge is 0.353 e. The van der Waals surface area contributed by atoms with Crippen molar-refractivity contribution in [3.05, 3.63) is 41.7 Å². The molecule has 34 heavy (non-hydrogen) atoms. The predicted molar refractivity (Wildman–Crippen MR) is 130 cm³/mol. The van der Waals surface area contributed by atoms with Crippen LogP contribution < -0.4 is 0 Å². The van der Waals surface area contributed by atoms with Crippen molar-refractivity contribution in [2.75, 3.05) is 6.61 Å². The first-order valence-electron chi connectivity index (χ1n) is 13.3. The van der Waals surface area contributed by atoms with Crippen LogP contribution in [0.1, 0.15) is 88.4 Å². The van der Waals surface area contributed by atoms with Crippen LogP contribution in [0.15, 0.2) is 30.3 Å². The van der Waals surface area contributed by atoms with E-state index in [1.54, 1.807) is 0 Å². The number of benzene rings is 1. The summed E-state index contributed by atoms with van der Waals surface area (Å²) in [5.41, 5.74) is 1.31. The van der Waals surface area contributed by atoms with Gasteiger partial charge in [0, 0.05) is 25.4 Å². The second-order valence-corrected chi connectivity index (χ2v) is 9.97. The van der Waals surface area contributed by atoms with E-state index in [-0.39, 0.29) is 18.3 Å². The highest BCUT2D eigenvalue weighted by molar-refractivity contribution is 5.83. The van der Waals surface area contributed by atoms with Gasteiger partial charge in [0.1, 0.15) is 5.78 Å². The van der Waals surface area contributed by atoms with Gasteiger partial charge in [0.25, 0.3) is 0 Å². The number of Topliss-reactive ketones (excluding diaryl/α,β-unsaturated/α-hetero) is 1. The molecule has 186 valence electrons. The lowest BCUT2D eigenvalue weighted by atomic mass is 9.85. The normalized spacial score (nSPS) is 23.9. The van der Waals surface area contributed by atoms with Crippen LogP contribution >= 0.6 is 0 Å². The van der Waals surface area contributed by atoms with E-state index in [0.29, 0.717) is 11.7 Å². The number of carbonyl (C=O) groups excluding carboxylic acids is 1. The van der Waals surface area contributed by atoms with Crippen LogP contribution in [0, 0.1) is 11.8 Å². The lowest BCUT2D eigenvalue weighted by molar-refractivity contribution is -0.189. The third-order valence-electron chi connectivity index (χ3n) is 7.45. The number of hydrogen-bond acceptors (Lipinski definition) is 6. The highest BCUT2D eigenvalue weighted by Crippen LogP contribution is 2.37.